The highest BCUT2D eigenvalue weighted by Crippen LogP contribution is 2.57. The van der Waals surface area contributed by atoms with E-state index in [4.69, 9.17) is 0 Å². The molecule has 0 saturated carbocycles. The van der Waals surface area contributed by atoms with Gasteiger partial charge < -0.3 is 27.0 Å². The summed E-state index contributed by atoms with van der Waals surface area (Å²) in [4.78, 5) is 3.75. The van der Waals surface area contributed by atoms with E-state index in [0.29, 0.717) is 30.5 Å². The van der Waals surface area contributed by atoms with Gasteiger partial charge in [-0.05, 0) is 24.1 Å². The number of aromatic nitrogens is 1. The van der Waals surface area contributed by atoms with E-state index in [1.165, 1.54) is 28.6 Å². The second-order valence-corrected chi connectivity index (χ2v) is 7.91. The summed E-state index contributed by atoms with van der Waals surface area (Å²) in [6.45, 7) is 3.65. The molecule has 5 heterocycles. The van der Waals surface area contributed by atoms with Crippen molar-refractivity contribution in [2.45, 2.75) is 31.8 Å². The zero-order chi connectivity index (χ0) is 15.8. The number of allylic oxidation sites excluding steroid dienone is 1. The molecule has 4 aliphatic heterocycles. The van der Waals surface area contributed by atoms with E-state index in [9.17, 15) is 5.11 Å². The highest BCUT2D eigenvalue weighted by molar-refractivity contribution is 5.85. The van der Waals surface area contributed by atoms with Gasteiger partial charge in [-0.25, -0.2) is 0 Å². The summed E-state index contributed by atoms with van der Waals surface area (Å²) < 4.78 is 1.08. The smallest absolute Gasteiger partial charge is 0.131 e. The number of fused-ring (bicyclic) bond motifs is 4. The Labute approximate surface area is 149 Å². The first-order valence-corrected chi connectivity index (χ1v) is 8.87. The fraction of sp³-hybridized carbons (Fsp3) is 0.500. The first-order valence-electron chi connectivity index (χ1n) is 8.87. The molecule has 3 saturated heterocycles. The second kappa shape index (κ2) is 5.35. The molecule has 3 nitrogen and oxygen atoms in total. The van der Waals surface area contributed by atoms with E-state index in [1.54, 1.807) is 5.57 Å². The molecule has 2 N–H and O–H groups in total. The summed E-state index contributed by atoms with van der Waals surface area (Å²) in [5.41, 5.74) is 5.84. The van der Waals surface area contributed by atoms with E-state index in [2.05, 4.69) is 49.3 Å². The minimum Gasteiger partial charge on any atom is -1.00 e. The Morgan fingerprint density at radius 1 is 1.33 bits per heavy atom. The van der Waals surface area contributed by atoms with Crippen LogP contribution in [-0.2, 0) is 6.42 Å². The molecule has 4 bridgehead atoms. The van der Waals surface area contributed by atoms with Crippen LogP contribution in [0.2, 0.25) is 0 Å². The standard InChI is InChI=1S/C20H25N2O.ClH/c1-3-12-10-22(2)18-9-15-13-6-4-5-7-17(13)21-20(15)19(22)8-14(12)16(18)11-23;/h3-7,14,16,18-19,21,23H,8-11H2,1-2H3;1H/q+1;/p-1/b12-3+;. The monoisotopic (exact) mass is 344 g/mol. The highest BCUT2D eigenvalue weighted by Gasteiger charge is 2.61. The number of aliphatic hydroxyl groups excluding tert-OH is 1. The quantitative estimate of drug-likeness (QED) is 0.561. The SMILES string of the molecule is C/C=C1\C[N+]2(C)C3CC1C(CO)C2Cc1c3[nH]c2ccccc12.[Cl-]. The molecule has 0 radical (unpaired) electrons. The lowest BCUT2D eigenvalue weighted by molar-refractivity contribution is -0.978. The molecule has 0 amide bonds. The van der Waals surface area contributed by atoms with Gasteiger partial charge in [0.2, 0.25) is 0 Å². The molecular formula is C20H25ClN2O. The van der Waals surface area contributed by atoms with Crippen molar-refractivity contribution in [1.29, 1.82) is 0 Å². The number of para-hydroxylation sites is 1. The Morgan fingerprint density at radius 2 is 2.12 bits per heavy atom. The lowest BCUT2D eigenvalue weighted by Gasteiger charge is -2.62. The third-order valence-electron chi connectivity index (χ3n) is 7.13. The number of benzene rings is 1. The normalized spacial score (nSPS) is 38.2. The van der Waals surface area contributed by atoms with Gasteiger partial charge in [-0.1, -0.05) is 24.3 Å². The Hall–Kier alpha value is -1.29. The van der Waals surface area contributed by atoms with Crippen LogP contribution in [0, 0.1) is 11.8 Å². The Bertz CT molecular complexity index is 826. The maximum atomic E-state index is 10.1. The van der Waals surface area contributed by atoms with Crippen LogP contribution < -0.4 is 12.4 Å². The molecule has 0 aliphatic carbocycles. The number of hydrogen-bond acceptors (Lipinski definition) is 1. The number of nitrogens with one attached hydrogen (secondary N) is 1. The predicted octanol–water partition coefficient (Wildman–Crippen LogP) is 0.173. The van der Waals surface area contributed by atoms with Gasteiger partial charge in [0.15, 0.2) is 0 Å². The molecule has 4 heteroatoms. The molecule has 4 aliphatic rings. The predicted molar refractivity (Wildman–Crippen MR) is 92.0 cm³/mol. The summed E-state index contributed by atoms with van der Waals surface area (Å²) in [5.74, 6) is 0.984. The number of aromatic amines is 1. The third kappa shape index (κ3) is 1.81. The molecule has 1 aromatic heterocycles. The highest BCUT2D eigenvalue weighted by atomic mass is 35.5. The van der Waals surface area contributed by atoms with Gasteiger partial charge in [-0.2, -0.15) is 0 Å². The van der Waals surface area contributed by atoms with Gasteiger partial charge in [0.1, 0.15) is 12.6 Å². The lowest BCUT2D eigenvalue weighted by Crippen LogP contribution is -3.00. The first-order chi connectivity index (χ1) is 11.2. The van der Waals surface area contributed by atoms with Crippen LogP contribution >= 0.6 is 0 Å². The number of quaternary nitrogens is 1. The molecule has 5 unspecified atom stereocenters. The van der Waals surface area contributed by atoms with Crippen LogP contribution in [0.1, 0.15) is 30.6 Å². The number of nitrogens with zero attached hydrogens (tertiary/aromatic N) is 1. The third-order valence-corrected chi connectivity index (χ3v) is 7.13. The van der Waals surface area contributed by atoms with Crippen LogP contribution in [0.15, 0.2) is 35.9 Å². The number of rotatable bonds is 1. The fourth-order valence-electron chi connectivity index (χ4n) is 6.02. The molecule has 1 aromatic carbocycles. The molecular weight excluding hydrogens is 320 g/mol. The van der Waals surface area contributed by atoms with Crippen molar-refractivity contribution in [3.05, 3.63) is 47.2 Å². The number of aliphatic hydroxyl groups is 1. The lowest BCUT2D eigenvalue weighted by atomic mass is 9.62. The maximum absolute atomic E-state index is 10.1. The van der Waals surface area contributed by atoms with Crippen molar-refractivity contribution in [2.75, 3.05) is 20.2 Å². The van der Waals surface area contributed by atoms with Gasteiger partial charge in [-0.15, -0.1) is 0 Å². The minimum absolute atomic E-state index is 0. The topological polar surface area (TPSA) is 36.0 Å². The van der Waals surface area contributed by atoms with E-state index < -0.39 is 0 Å². The summed E-state index contributed by atoms with van der Waals surface area (Å²) in [6, 6.07) is 9.84. The van der Waals surface area contributed by atoms with Crippen LogP contribution in [0.3, 0.4) is 0 Å². The minimum atomic E-state index is 0. The summed E-state index contributed by atoms with van der Waals surface area (Å²) in [5, 5.41) is 11.5. The molecule has 128 valence electrons. The van der Waals surface area contributed by atoms with Crippen LogP contribution in [0.5, 0.6) is 0 Å². The van der Waals surface area contributed by atoms with Crippen LogP contribution in [0.25, 0.3) is 10.9 Å². The van der Waals surface area contributed by atoms with Crippen molar-refractivity contribution in [3.63, 3.8) is 0 Å². The molecule has 3 fully saturated rings. The Morgan fingerprint density at radius 3 is 2.88 bits per heavy atom. The van der Waals surface area contributed by atoms with Crippen molar-refractivity contribution in [1.82, 2.24) is 4.98 Å². The second-order valence-electron chi connectivity index (χ2n) is 7.91. The van der Waals surface area contributed by atoms with Crippen molar-refractivity contribution in [3.8, 4) is 0 Å². The van der Waals surface area contributed by atoms with Gasteiger partial charge in [0, 0.05) is 35.6 Å². The van der Waals surface area contributed by atoms with Gasteiger partial charge in [0.05, 0.1) is 25.4 Å². The van der Waals surface area contributed by atoms with Gasteiger partial charge in [-0.3, -0.25) is 0 Å². The molecule has 0 spiro atoms. The van der Waals surface area contributed by atoms with Crippen molar-refractivity contribution < 1.29 is 22.0 Å². The van der Waals surface area contributed by atoms with Gasteiger partial charge in [0.25, 0.3) is 0 Å². The van der Waals surface area contributed by atoms with Crippen molar-refractivity contribution in [2.24, 2.45) is 11.8 Å². The van der Waals surface area contributed by atoms with E-state index in [0.717, 1.165) is 17.4 Å². The molecule has 5 atom stereocenters. The molecule has 6 rings (SSSR count). The summed E-state index contributed by atoms with van der Waals surface area (Å²) in [6.07, 6.45) is 4.59. The van der Waals surface area contributed by atoms with Crippen molar-refractivity contribution >= 4 is 10.9 Å². The zero-order valence-electron chi connectivity index (χ0n) is 14.3. The first kappa shape index (κ1) is 16.2. The van der Waals surface area contributed by atoms with Crippen LogP contribution in [-0.4, -0.2) is 40.8 Å². The van der Waals surface area contributed by atoms with Gasteiger partial charge >= 0.3 is 0 Å². The number of likely N-dealkylation sites (N-methyl/N-ethyl adjacent to an activating group) is 1. The Balaban J connectivity index is 0.00000146. The summed E-state index contributed by atoms with van der Waals surface area (Å²) >= 11 is 0. The summed E-state index contributed by atoms with van der Waals surface area (Å²) in [7, 11) is 2.42. The van der Waals surface area contributed by atoms with E-state index in [1.807, 2.05) is 0 Å². The van der Waals surface area contributed by atoms with Crippen LogP contribution in [0.4, 0.5) is 0 Å². The van der Waals surface area contributed by atoms with E-state index in [-0.39, 0.29) is 12.4 Å². The average Bonchev–Trinajstić information content (AvgIpc) is 2.92. The molecule has 2 aromatic rings. The van der Waals surface area contributed by atoms with E-state index >= 15 is 0 Å². The fourth-order valence-corrected chi connectivity index (χ4v) is 6.02. The average molecular weight is 345 g/mol. The maximum Gasteiger partial charge on any atom is 0.131 e. The zero-order valence-corrected chi connectivity index (χ0v) is 15.1. The number of piperidine rings is 3. The number of halogens is 1. The molecule has 24 heavy (non-hydrogen) atoms. The number of H-pyrrole nitrogens is 1. The number of hydrogen-bond donors (Lipinski definition) is 2. The largest absolute Gasteiger partial charge is 1.00 e. The Kier molecular flexibility index (Phi) is 3.61.